The van der Waals surface area contributed by atoms with E-state index in [4.69, 9.17) is 4.74 Å². The summed E-state index contributed by atoms with van der Waals surface area (Å²) in [5, 5.41) is 23.0. The molecular weight excluding hydrogens is 622 g/mol. The second-order valence-electron chi connectivity index (χ2n) is 15.0. The maximum atomic E-state index is 12.3. The average molecular weight is 708 g/mol. The van der Waals surface area contributed by atoms with Crippen LogP contribution in [0, 0.1) is 0 Å². The highest BCUT2D eigenvalue weighted by molar-refractivity contribution is 5.76. The van der Waals surface area contributed by atoms with E-state index in [1.807, 2.05) is 0 Å². The van der Waals surface area contributed by atoms with Crippen molar-refractivity contribution in [2.75, 3.05) is 13.2 Å². The van der Waals surface area contributed by atoms with Crippen molar-refractivity contribution < 1.29 is 24.5 Å². The Balaban J connectivity index is 3.46. The van der Waals surface area contributed by atoms with Crippen molar-refractivity contribution in [2.24, 2.45) is 0 Å². The van der Waals surface area contributed by atoms with Gasteiger partial charge < -0.3 is 20.3 Å². The van der Waals surface area contributed by atoms with E-state index in [0.717, 1.165) is 57.8 Å². The highest BCUT2D eigenvalue weighted by Gasteiger charge is 2.20. The molecule has 0 aliphatic carbocycles. The molecule has 2 unspecified atom stereocenters. The number of allylic oxidation sites excluding steroid dienone is 2. The van der Waals surface area contributed by atoms with Crippen LogP contribution in [0.25, 0.3) is 0 Å². The largest absolute Gasteiger partial charge is 0.466 e. The lowest BCUT2D eigenvalue weighted by Crippen LogP contribution is -2.45. The summed E-state index contributed by atoms with van der Waals surface area (Å²) in [7, 11) is 0. The van der Waals surface area contributed by atoms with Gasteiger partial charge in [-0.15, -0.1) is 0 Å². The monoisotopic (exact) mass is 708 g/mol. The molecule has 6 nitrogen and oxygen atoms in total. The van der Waals surface area contributed by atoms with Crippen molar-refractivity contribution in [2.45, 2.75) is 244 Å². The molecule has 0 heterocycles. The molecular formula is C44H85NO5. The van der Waals surface area contributed by atoms with Gasteiger partial charge in [-0.3, -0.25) is 9.59 Å². The van der Waals surface area contributed by atoms with Gasteiger partial charge in [-0.2, -0.15) is 0 Å². The molecule has 0 aliphatic rings. The standard InChI is InChI=1S/C44H85NO5/c1-3-5-7-9-11-13-14-15-18-22-26-30-34-38-44(49)50-39-35-31-27-23-19-16-17-21-25-29-33-37-43(48)45-41(40-46)42(47)36-32-28-24-20-12-10-8-6-4-2/h13-14,41-42,46-47H,3-12,15-40H2,1-2H3,(H,45,48)/b14-13-. The number of carbonyl (C=O) groups excluding carboxylic acids is 2. The molecule has 1 amide bonds. The Morgan fingerprint density at radius 2 is 0.940 bits per heavy atom. The number of hydrogen-bond donors (Lipinski definition) is 3. The second-order valence-corrected chi connectivity index (χ2v) is 15.0. The van der Waals surface area contributed by atoms with Crippen LogP contribution in [0.3, 0.4) is 0 Å². The van der Waals surface area contributed by atoms with Crippen LogP contribution in [0.2, 0.25) is 0 Å². The van der Waals surface area contributed by atoms with Gasteiger partial charge in [-0.05, 0) is 51.4 Å². The molecule has 0 aromatic rings. The van der Waals surface area contributed by atoms with Gasteiger partial charge in [0.05, 0.1) is 25.4 Å². The van der Waals surface area contributed by atoms with E-state index in [-0.39, 0.29) is 18.5 Å². The fourth-order valence-corrected chi connectivity index (χ4v) is 6.63. The molecule has 0 saturated carbocycles. The summed E-state index contributed by atoms with van der Waals surface area (Å²) in [6.07, 6.45) is 43.0. The van der Waals surface area contributed by atoms with Crippen LogP contribution in [0.1, 0.15) is 232 Å². The van der Waals surface area contributed by atoms with Gasteiger partial charge in [-0.1, -0.05) is 180 Å². The number of aliphatic hydroxyl groups is 2. The molecule has 296 valence electrons. The van der Waals surface area contributed by atoms with E-state index >= 15 is 0 Å². The summed E-state index contributed by atoms with van der Waals surface area (Å²) >= 11 is 0. The first-order valence-corrected chi connectivity index (χ1v) is 21.9. The van der Waals surface area contributed by atoms with Gasteiger partial charge in [0.15, 0.2) is 0 Å². The Bertz CT molecular complexity index is 742. The van der Waals surface area contributed by atoms with E-state index in [0.29, 0.717) is 25.9 Å². The Kier molecular flexibility index (Phi) is 39.2. The van der Waals surface area contributed by atoms with Crippen molar-refractivity contribution in [1.82, 2.24) is 5.32 Å². The minimum absolute atomic E-state index is 0.0237. The summed E-state index contributed by atoms with van der Waals surface area (Å²) in [5.41, 5.74) is 0. The summed E-state index contributed by atoms with van der Waals surface area (Å²) in [6, 6.07) is -0.552. The Morgan fingerprint density at radius 1 is 0.540 bits per heavy atom. The molecule has 6 heteroatoms. The fraction of sp³-hybridized carbons (Fsp3) is 0.909. The molecule has 0 radical (unpaired) electrons. The van der Waals surface area contributed by atoms with Crippen LogP contribution < -0.4 is 5.32 Å². The Hall–Kier alpha value is -1.40. The van der Waals surface area contributed by atoms with Gasteiger partial charge in [0.25, 0.3) is 0 Å². The van der Waals surface area contributed by atoms with Crippen molar-refractivity contribution in [3.8, 4) is 0 Å². The van der Waals surface area contributed by atoms with Gasteiger partial charge in [0, 0.05) is 12.8 Å². The number of nitrogens with one attached hydrogen (secondary N) is 1. The van der Waals surface area contributed by atoms with Gasteiger partial charge in [0.2, 0.25) is 5.91 Å². The minimum atomic E-state index is -0.673. The van der Waals surface area contributed by atoms with Crippen LogP contribution in [0.5, 0.6) is 0 Å². The summed E-state index contributed by atoms with van der Waals surface area (Å²) < 4.78 is 5.43. The first kappa shape index (κ1) is 48.6. The molecule has 0 fully saturated rings. The predicted octanol–water partition coefficient (Wildman–Crippen LogP) is 12.2. The minimum Gasteiger partial charge on any atom is -0.466 e. The maximum Gasteiger partial charge on any atom is 0.305 e. The number of aliphatic hydroxyl groups excluding tert-OH is 2. The van der Waals surface area contributed by atoms with Crippen LogP contribution in [-0.2, 0) is 14.3 Å². The number of hydrogen-bond acceptors (Lipinski definition) is 5. The number of amides is 1. The lowest BCUT2D eigenvalue weighted by molar-refractivity contribution is -0.143. The van der Waals surface area contributed by atoms with E-state index in [1.54, 1.807) is 0 Å². The SMILES string of the molecule is CCCCCC/C=C\CCCCCCCC(=O)OCCCCCCCCCCCCCC(=O)NC(CO)C(O)CCCCCCCCCCC. The maximum absolute atomic E-state index is 12.3. The Labute approximate surface area is 310 Å². The third kappa shape index (κ3) is 36.4. The zero-order valence-electron chi connectivity index (χ0n) is 33.4. The van der Waals surface area contributed by atoms with Crippen molar-refractivity contribution in [3.63, 3.8) is 0 Å². The fourth-order valence-electron chi connectivity index (χ4n) is 6.63. The molecule has 50 heavy (non-hydrogen) atoms. The number of unbranched alkanes of at least 4 members (excludes halogenated alkanes) is 27. The van der Waals surface area contributed by atoms with Crippen LogP contribution in [0.15, 0.2) is 12.2 Å². The summed E-state index contributed by atoms with van der Waals surface area (Å²) in [5.74, 6) is -0.0812. The van der Waals surface area contributed by atoms with Gasteiger partial charge in [0.1, 0.15) is 0 Å². The molecule has 0 aliphatic heterocycles. The van der Waals surface area contributed by atoms with E-state index < -0.39 is 12.1 Å². The smallest absolute Gasteiger partial charge is 0.305 e. The highest BCUT2D eigenvalue weighted by atomic mass is 16.5. The molecule has 0 bridgehead atoms. The molecule has 0 rings (SSSR count). The van der Waals surface area contributed by atoms with E-state index in [1.165, 1.54) is 141 Å². The topological polar surface area (TPSA) is 95.9 Å². The second kappa shape index (κ2) is 40.4. The third-order valence-corrected chi connectivity index (χ3v) is 10.1. The summed E-state index contributed by atoms with van der Waals surface area (Å²) in [4.78, 5) is 24.3. The predicted molar refractivity (Wildman–Crippen MR) is 213 cm³/mol. The highest BCUT2D eigenvalue weighted by Crippen LogP contribution is 2.15. The molecule has 0 aromatic heterocycles. The van der Waals surface area contributed by atoms with Crippen molar-refractivity contribution in [1.29, 1.82) is 0 Å². The first-order chi connectivity index (χ1) is 24.5. The average Bonchev–Trinajstić information content (AvgIpc) is 3.11. The number of esters is 1. The van der Waals surface area contributed by atoms with Crippen LogP contribution in [-0.4, -0.2) is 47.4 Å². The van der Waals surface area contributed by atoms with Gasteiger partial charge >= 0.3 is 5.97 Å². The van der Waals surface area contributed by atoms with Crippen molar-refractivity contribution in [3.05, 3.63) is 12.2 Å². The normalized spacial score (nSPS) is 12.8. The van der Waals surface area contributed by atoms with E-state index in [2.05, 4.69) is 31.3 Å². The molecule has 0 spiro atoms. The first-order valence-electron chi connectivity index (χ1n) is 21.9. The number of ether oxygens (including phenoxy) is 1. The lowest BCUT2D eigenvalue weighted by atomic mass is 10.0. The zero-order chi connectivity index (χ0) is 36.6. The molecule has 0 saturated heterocycles. The molecule has 2 atom stereocenters. The summed E-state index contributed by atoms with van der Waals surface area (Å²) in [6.45, 7) is 4.86. The third-order valence-electron chi connectivity index (χ3n) is 10.1. The zero-order valence-corrected chi connectivity index (χ0v) is 33.4. The quantitative estimate of drug-likeness (QED) is 0.0335. The lowest BCUT2D eigenvalue weighted by Gasteiger charge is -2.22. The molecule has 0 aromatic carbocycles. The van der Waals surface area contributed by atoms with Crippen LogP contribution in [0.4, 0.5) is 0 Å². The Morgan fingerprint density at radius 3 is 1.44 bits per heavy atom. The van der Waals surface area contributed by atoms with Crippen molar-refractivity contribution >= 4 is 11.9 Å². The van der Waals surface area contributed by atoms with Crippen LogP contribution >= 0.6 is 0 Å². The number of rotatable bonds is 40. The number of carbonyl (C=O) groups is 2. The van der Waals surface area contributed by atoms with Gasteiger partial charge in [-0.25, -0.2) is 0 Å². The molecule has 3 N–H and O–H groups in total. The van der Waals surface area contributed by atoms with E-state index in [9.17, 15) is 19.8 Å².